The van der Waals surface area contributed by atoms with E-state index in [-0.39, 0.29) is 0 Å². The summed E-state index contributed by atoms with van der Waals surface area (Å²) in [4.78, 5) is 4.59. The lowest BCUT2D eigenvalue weighted by molar-refractivity contribution is 0.0587. The maximum atomic E-state index is 6.15. The summed E-state index contributed by atoms with van der Waals surface area (Å²) in [6.07, 6.45) is 18.1. The molecule has 0 aromatic heterocycles. The van der Waals surface area contributed by atoms with Gasteiger partial charge >= 0.3 is 0 Å². The van der Waals surface area contributed by atoms with Crippen LogP contribution in [0.5, 0.6) is 0 Å². The van der Waals surface area contributed by atoms with Gasteiger partial charge in [0, 0.05) is 12.8 Å². The van der Waals surface area contributed by atoms with Gasteiger partial charge in [0.1, 0.15) is 5.76 Å². The van der Waals surface area contributed by atoms with E-state index in [1.165, 1.54) is 53.5 Å². The highest BCUT2D eigenvalue weighted by atomic mass is 16.5. The third-order valence-corrected chi connectivity index (χ3v) is 6.63. The average Bonchev–Trinajstić information content (AvgIpc) is 2.76. The molecule has 0 bridgehead atoms. The van der Waals surface area contributed by atoms with Crippen molar-refractivity contribution in [3.05, 3.63) is 70.5 Å². The zero-order valence-electron chi connectivity index (χ0n) is 20.1. The summed E-state index contributed by atoms with van der Waals surface area (Å²) < 4.78 is 6.15. The number of aliphatic imine (C=N–C) groups is 1. The number of hydrogen-bond acceptors (Lipinski definition) is 2. The second kappa shape index (κ2) is 11.3. The number of benzene rings is 1. The van der Waals surface area contributed by atoms with E-state index in [1.54, 1.807) is 5.57 Å². The van der Waals surface area contributed by atoms with Gasteiger partial charge in [0.25, 0.3) is 0 Å². The van der Waals surface area contributed by atoms with Crippen LogP contribution in [0.15, 0.2) is 58.8 Å². The van der Waals surface area contributed by atoms with E-state index in [4.69, 9.17) is 4.74 Å². The Balaban J connectivity index is 1.84. The van der Waals surface area contributed by atoms with E-state index in [2.05, 4.69) is 88.3 Å². The first-order valence-electron chi connectivity index (χ1n) is 12.1. The van der Waals surface area contributed by atoms with Gasteiger partial charge in [0.05, 0.1) is 6.10 Å². The van der Waals surface area contributed by atoms with Crippen LogP contribution in [0.1, 0.15) is 82.9 Å². The topological polar surface area (TPSA) is 21.6 Å². The molecule has 1 aliphatic heterocycles. The molecule has 0 N–H and O–H groups in total. The average molecular weight is 418 g/mol. The van der Waals surface area contributed by atoms with Crippen molar-refractivity contribution in [1.82, 2.24) is 0 Å². The molecule has 0 amide bonds. The Morgan fingerprint density at radius 2 is 2.03 bits per heavy atom. The Bertz CT molecular complexity index is 909. The number of allylic oxidation sites excluding steroid dienone is 6. The molecule has 1 heterocycles. The molecule has 1 saturated carbocycles. The van der Waals surface area contributed by atoms with Gasteiger partial charge in [-0.3, -0.25) is 4.99 Å². The molecular formula is C29H39NO. The van der Waals surface area contributed by atoms with Crippen molar-refractivity contribution in [2.45, 2.75) is 79.2 Å². The molecule has 1 aromatic rings. The fraction of sp³-hybridized carbons (Fsp3) is 0.483. The molecule has 2 heteroatoms. The largest absolute Gasteiger partial charge is 0.491 e. The number of aryl methyl sites for hydroxylation is 1. The van der Waals surface area contributed by atoms with Crippen LogP contribution >= 0.6 is 0 Å². The zero-order valence-corrected chi connectivity index (χ0v) is 20.1. The van der Waals surface area contributed by atoms with Crippen LogP contribution < -0.4 is 0 Å². The molecule has 31 heavy (non-hydrogen) atoms. The van der Waals surface area contributed by atoms with Gasteiger partial charge in [-0.15, -0.1) is 0 Å². The third-order valence-electron chi connectivity index (χ3n) is 6.63. The van der Waals surface area contributed by atoms with Gasteiger partial charge in [-0.05, 0) is 98.3 Å². The summed E-state index contributed by atoms with van der Waals surface area (Å²) in [5, 5.41) is 0. The number of ether oxygens (including phenoxy) is 1. The first kappa shape index (κ1) is 23.3. The Kier molecular flexibility index (Phi) is 8.51. The normalized spacial score (nSPS) is 19.1. The number of nitrogens with zero attached hydrogens (tertiary/aromatic N) is 1. The quantitative estimate of drug-likeness (QED) is 0.294. The highest BCUT2D eigenvalue weighted by Crippen LogP contribution is 2.32. The molecule has 0 radical (unpaired) electrons. The van der Waals surface area contributed by atoms with Crippen LogP contribution in [-0.4, -0.2) is 18.9 Å². The fourth-order valence-corrected chi connectivity index (χ4v) is 4.27. The van der Waals surface area contributed by atoms with Crippen molar-refractivity contribution >= 4 is 17.4 Å². The summed E-state index contributed by atoms with van der Waals surface area (Å²) in [5.74, 6) is 1.61. The maximum absolute atomic E-state index is 6.15. The molecule has 2 aliphatic rings. The van der Waals surface area contributed by atoms with Gasteiger partial charge in [-0.25, -0.2) is 0 Å². The van der Waals surface area contributed by atoms with Crippen LogP contribution in [0, 0.1) is 12.8 Å². The smallest absolute Gasteiger partial charge is 0.115 e. The Morgan fingerprint density at radius 3 is 2.65 bits per heavy atom. The van der Waals surface area contributed by atoms with Crippen molar-refractivity contribution in [2.75, 3.05) is 6.54 Å². The van der Waals surface area contributed by atoms with E-state index in [9.17, 15) is 0 Å². The molecule has 2 nitrogen and oxygen atoms in total. The van der Waals surface area contributed by atoms with Crippen LogP contribution in [0.2, 0.25) is 0 Å². The van der Waals surface area contributed by atoms with E-state index in [0.29, 0.717) is 12.0 Å². The first-order valence-corrected chi connectivity index (χ1v) is 12.1. The molecule has 0 spiro atoms. The molecule has 1 atom stereocenters. The standard InChI is InChI=1S/C29H39NO/c1-6-10-25(31-26-11-9-12-26)15-13-23(8-3)24-14-16-27(22(5)19-24)29-20-30-18-17-28(29)21(4)7-2/h8,10,13-16,19-21,26H,6-7,9,11-12,17-18H2,1-5H3/b15-13-,23-8+,25-10-. The van der Waals surface area contributed by atoms with Crippen molar-refractivity contribution in [1.29, 1.82) is 0 Å². The minimum absolute atomic E-state index is 0.406. The SMILES string of the molecule is C\C=C(/C=C\C(=C\CC)OC1CCC1)c1ccc(C2=C(C(C)CC)CCN=C2)c(C)c1. The molecule has 0 saturated heterocycles. The lowest BCUT2D eigenvalue weighted by atomic mass is 9.85. The van der Waals surface area contributed by atoms with Crippen LogP contribution in [0.25, 0.3) is 11.1 Å². The monoisotopic (exact) mass is 417 g/mol. The molecule has 1 unspecified atom stereocenters. The molecular weight excluding hydrogens is 378 g/mol. The fourth-order valence-electron chi connectivity index (χ4n) is 4.27. The predicted octanol–water partition coefficient (Wildman–Crippen LogP) is 8.09. The minimum Gasteiger partial charge on any atom is -0.491 e. The van der Waals surface area contributed by atoms with Crippen molar-refractivity contribution < 1.29 is 4.74 Å². The highest BCUT2D eigenvalue weighted by molar-refractivity contribution is 6.12. The zero-order chi connectivity index (χ0) is 22.2. The number of hydrogen-bond donors (Lipinski definition) is 0. The summed E-state index contributed by atoms with van der Waals surface area (Å²) in [7, 11) is 0. The summed E-state index contributed by atoms with van der Waals surface area (Å²) in [6.45, 7) is 12.0. The number of dihydropyridines is 1. The summed E-state index contributed by atoms with van der Waals surface area (Å²) in [5.41, 5.74) is 8.00. The Labute approximate surface area is 189 Å². The maximum Gasteiger partial charge on any atom is 0.115 e. The lowest BCUT2D eigenvalue weighted by Gasteiger charge is -2.27. The molecule has 1 aliphatic carbocycles. The minimum atomic E-state index is 0.406. The molecule has 1 fully saturated rings. The van der Waals surface area contributed by atoms with Crippen LogP contribution in [-0.2, 0) is 4.74 Å². The van der Waals surface area contributed by atoms with E-state index >= 15 is 0 Å². The first-order chi connectivity index (χ1) is 15.1. The lowest BCUT2D eigenvalue weighted by Crippen LogP contribution is -2.20. The van der Waals surface area contributed by atoms with Gasteiger partial charge in [-0.2, -0.15) is 0 Å². The van der Waals surface area contributed by atoms with Gasteiger partial charge in [0.2, 0.25) is 0 Å². The van der Waals surface area contributed by atoms with Gasteiger partial charge in [-0.1, -0.05) is 56.7 Å². The van der Waals surface area contributed by atoms with Gasteiger partial charge in [0.15, 0.2) is 0 Å². The van der Waals surface area contributed by atoms with Gasteiger partial charge < -0.3 is 4.74 Å². The van der Waals surface area contributed by atoms with Crippen molar-refractivity contribution in [2.24, 2.45) is 10.9 Å². The van der Waals surface area contributed by atoms with E-state index < -0.39 is 0 Å². The molecule has 3 rings (SSSR count). The second-order valence-electron chi connectivity index (χ2n) is 8.83. The summed E-state index contributed by atoms with van der Waals surface area (Å²) >= 11 is 0. The Morgan fingerprint density at radius 1 is 1.23 bits per heavy atom. The third kappa shape index (κ3) is 5.87. The van der Waals surface area contributed by atoms with Crippen molar-refractivity contribution in [3.8, 4) is 0 Å². The Hall–Kier alpha value is -2.35. The summed E-state index contributed by atoms with van der Waals surface area (Å²) in [6, 6.07) is 6.85. The van der Waals surface area contributed by atoms with E-state index in [0.717, 1.165) is 25.1 Å². The van der Waals surface area contributed by atoms with Crippen molar-refractivity contribution in [3.63, 3.8) is 0 Å². The highest BCUT2D eigenvalue weighted by Gasteiger charge is 2.19. The van der Waals surface area contributed by atoms with Crippen LogP contribution in [0.4, 0.5) is 0 Å². The van der Waals surface area contributed by atoms with Crippen LogP contribution in [0.3, 0.4) is 0 Å². The van der Waals surface area contributed by atoms with E-state index in [1.807, 2.05) is 0 Å². The second-order valence-corrected chi connectivity index (χ2v) is 8.83. The predicted molar refractivity (Wildman–Crippen MR) is 135 cm³/mol. The molecule has 166 valence electrons. The molecule has 1 aromatic carbocycles. The number of rotatable bonds is 9.